The summed E-state index contributed by atoms with van der Waals surface area (Å²) < 4.78 is 20.7. The Hall–Kier alpha value is -5.99. The van der Waals surface area contributed by atoms with E-state index in [1.807, 2.05) is 13.0 Å². The number of anilines is 3. The predicted molar refractivity (Wildman–Crippen MR) is 178 cm³/mol. The molecule has 2 unspecified atom stereocenters. The van der Waals surface area contributed by atoms with Gasteiger partial charge in [-0.05, 0) is 62.7 Å². The van der Waals surface area contributed by atoms with Crippen LogP contribution in [0.15, 0.2) is 53.8 Å². The quantitative estimate of drug-likeness (QED) is 0.156. The fourth-order valence-corrected chi connectivity index (χ4v) is 5.45. The number of alkyl halides is 1. The average Bonchev–Trinajstić information content (AvgIpc) is 3.87. The number of piperidine rings is 1. The molecule has 2 fully saturated rings. The van der Waals surface area contributed by atoms with Crippen molar-refractivity contribution >= 4 is 59.7 Å². The number of ether oxygens (including phenoxy) is 1. The molecule has 2 atom stereocenters. The lowest BCUT2D eigenvalue weighted by atomic mass is 10.0. The number of aryl methyl sites for hydroxylation is 1. The number of halogens is 1. The van der Waals surface area contributed by atoms with Gasteiger partial charge < -0.3 is 20.7 Å². The molecular weight excluding hydrogens is 635 g/mol. The highest BCUT2D eigenvalue weighted by atomic mass is 19.1. The summed E-state index contributed by atoms with van der Waals surface area (Å²) in [6, 6.07) is 8.78. The first-order chi connectivity index (χ1) is 23.6. The molecule has 2 aliphatic heterocycles. The second-order valence-electron chi connectivity index (χ2n) is 11.8. The molecule has 1 saturated carbocycles. The highest BCUT2D eigenvalue weighted by molar-refractivity contribution is 6.24. The van der Waals surface area contributed by atoms with Gasteiger partial charge in [0.1, 0.15) is 30.0 Å². The number of imide groups is 2. The van der Waals surface area contributed by atoms with E-state index in [9.17, 15) is 24.0 Å². The zero-order chi connectivity index (χ0) is 34.7. The van der Waals surface area contributed by atoms with Crippen LogP contribution in [0.4, 0.5) is 21.7 Å². The maximum absolute atomic E-state index is 15.1. The number of fused-ring (bicyclic) bond motifs is 1. The summed E-state index contributed by atoms with van der Waals surface area (Å²) in [5, 5.41) is 11.2. The van der Waals surface area contributed by atoms with E-state index in [0.717, 1.165) is 23.3 Å². The lowest BCUT2D eigenvalue weighted by Gasteiger charge is -2.27. The van der Waals surface area contributed by atoms with Crippen LogP contribution in [0.2, 0.25) is 0 Å². The van der Waals surface area contributed by atoms with Crippen LogP contribution in [0.3, 0.4) is 0 Å². The standard InChI is InChI=1S/C34H33FN8O6/c1-18-6-10-27(40-23(18)12-13-36-2)41-28-14-24(39-20-7-8-20)22(16-37-28)31(45)38-15-19(35)17-49-26-5-3-4-21-30(26)34(48)43(33(21)47)25-9-11-29(44)42-32(25)46/h3-6,10,12-14,16,19-20,25H,2,7-9,11,15,17H2,1H3,(H,38,45)(H,42,44,46)(H2,37,39,40,41)/b13-12-. The van der Waals surface area contributed by atoms with Gasteiger partial charge >= 0.3 is 0 Å². The Morgan fingerprint density at radius 2 is 1.98 bits per heavy atom. The number of hydrogen-bond donors (Lipinski definition) is 4. The third kappa shape index (κ3) is 7.30. The minimum Gasteiger partial charge on any atom is -0.490 e. The topological polar surface area (TPSA) is 184 Å². The average molecular weight is 669 g/mol. The van der Waals surface area contributed by atoms with Crippen LogP contribution >= 0.6 is 0 Å². The molecule has 252 valence electrons. The molecule has 15 heteroatoms. The maximum atomic E-state index is 15.1. The number of carbonyl (C=O) groups excluding carboxylic acids is 5. The molecule has 3 aromatic rings. The van der Waals surface area contributed by atoms with Crippen molar-refractivity contribution in [2.45, 2.75) is 50.9 Å². The van der Waals surface area contributed by atoms with Gasteiger partial charge in [-0.15, -0.1) is 0 Å². The highest BCUT2D eigenvalue weighted by Gasteiger charge is 2.46. The Morgan fingerprint density at radius 3 is 2.73 bits per heavy atom. The Balaban J connectivity index is 1.08. The Morgan fingerprint density at radius 1 is 1.16 bits per heavy atom. The van der Waals surface area contributed by atoms with Crippen molar-refractivity contribution in [1.82, 2.24) is 25.5 Å². The number of pyridine rings is 2. The van der Waals surface area contributed by atoms with E-state index in [1.54, 1.807) is 24.4 Å². The van der Waals surface area contributed by atoms with Gasteiger partial charge in [-0.25, -0.2) is 14.4 Å². The second kappa shape index (κ2) is 14.0. The van der Waals surface area contributed by atoms with Gasteiger partial charge in [-0.2, -0.15) is 0 Å². The molecule has 3 aliphatic rings. The molecule has 1 aromatic carbocycles. The Bertz CT molecular complexity index is 1890. The van der Waals surface area contributed by atoms with Crippen molar-refractivity contribution in [1.29, 1.82) is 0 Å². The zero-order valence-corrected chi connectivity index (χ0v) is 26.5. The third-order valence-electron chi connectivity index (χ3n) is 8.15. The molecule has 1 saturated heterocycles. The Labute approximate surface area is 280 Å². The fraction of sp³-hybridized carbons (Fsp3) is 0.294. The van der Waals surface area contributed by atoms with E-state index < -0.39 is 54.9 Å². The van der Waals surface area contributed by atoms with Gasteiger partial charge in [0.2, 0.25) is 11.8 Å². The number of carbonyl (C=O) groups is 5. The van der Waals surface area contributed by atoms with Crippen molar-refractivity contribution in [3.63, 3.8) is 0 Å². The maximum Gasteiger partial charge on any atom is 0.266 e. The van der Waals surface area contributed by atoms with Crippen molar-refractivity contribution in [3.05, 3.63) is 76.7 Å². The number of benzene rings is 1. The number of rotatable bonds is 13. The number of aliphatic imine (C=N–C) groups is 1. The molecule has 5 amide bonds. The first kappa shape index (κ1) is 32.9. The van der Waals surface area contributed by atoms with Crippen LogP contribution in [0.25, 0.3) is 6.08 Å². The van der Waals surface area contributed by atoms with Crippen molar-refractivity contribution < 1.29 is 33.1 Å². The van der Waals surface area contributed by atoms with E-state index in [4.69, 9.17) is 4.74 Å². The summed E-state index contributed by atoms with van der Waals surface area (Å²) in [6.45, 7) is 4.42. The van der Waals surface area contributed by atoms with Crippen LogP contribution in [0.5, 0.6) is 5.75 Å². The van der Waals surface area contributed by atoms with Gasteiger partial charge in [-0.1, -0.05) is 12.1 Å². The molecule has 0 bridgehead atoms. The first-order valence-corrected chi connectivity index (χ1v) is 15.7. The number of hydrogen-bond acceptors (Lipinski definition) is 11. The van der Waals surface area contributed by atoms with E-state index in [0.29, 0.717) is 23.0 Å². The van der Waals surface area contributed by atoms with E-state index >= 15 is 4.39 Å². The van der Waals surface area contributed by atoms with E-state index in [-0.39, 0.29) is 41.3 Å². The van der Waals surface area contributed by atoms with Crippen LogP contribution in [0.1, 0.15) is 68.0 Å². The molecule has 0 spiro atoms. The normalized spacial score (nSPS) is 17.8. The summed E-state index contributed by atoms with van der Waals surface area (Å²) >= 11 is 0. The van der Waals surface area contributed by atoms with Gasteiger partial charge in [0, 0.05) is 30.9 Å². The number of nitrogens with zero attached hydrogens (tertiary/aromatic N) is 4. The minimum atomic E-state index is -1.68. The molecule has 0 radical (unpaired) electrons. The van der Waals surface area contributed by atoms with Gasteiger partial charge in [0.25, 0.3) is 17.7 Å². The predicted octanol–water partition coefficient (Wildman–Crippen LogP) is 3.32. The van der Waals surface area contributed by atoms with Gasteiger partial charge in [0.15, 0.2) is 6.17 Å². The molecule has 14 nitrogen and oxygen atoms in total. The second-order valence-corrected chi connectivity index (χ2v) is 11.8. The van der Waals surface area contributed by atoms with Crippen LogP contribution in [-0.2, 0) is 9.59 Å². The lowest BCUT2D eigenvalue weighted by Crippen LogP contribution is -2.54. The smallest absolute Gasteiger partial charge is 0.266 e. The molecule has 2 aromatic heterocycles. The van der Waals surface area contributed by atoms with Crippen LogP contribution in [0, 0.1) is 6.92 Å². The monoisotopic (exact) mass is 668 g/mol. The summed E-state index contributed by atoms with van der Waals surface area (Å²) in [5.74, 6) is -2.29. The van der Waals surface area contributed by atoms with Crippen molar-refractivity contribution in [3.8, 4) is 5.75 Å². The molecule has 49 heavy (non-hydrogen) atoms. The summed E-state index contributed by atoms with van der Waals surface area (Å²) in [6.07, 6.45) is 4.88. The number of amides is 5. The summed E-state index contributed by atoms with van der Waals surface area (Å²) in [7, 11) is 0. The fourth-order valence-electron chi connectivity index (χ4n) is 5.45. The summed E-state index contributed by atoms with van der Waals surface area (Å²) in [4.78, 5) is 76.9. The molecule has 4 N–H and O–H groups in total. The molecule has 1 aliphatic carbocycles. The van der Waals surface area contributed by atoms with Crippen molar-refractivity contribution in [2.75, 3.05) is 23.8 Å². The van der Waals surface area contributed by atoms with Crippen LogP contribution in [-0.4, -0.2) is 82.5 Å². The first-order valence-electron chi connectivity index (χ1n) is 15.7. The third-order valence-corrected chi connectivity index (χ3v) is 8.15. The molecular formula is C34H33FN8O6. The largest absolute Gasteiger partial charge is 0.490 e. The van der Waals surface area contributed by atoms with E-state index in [1.165, 1.54) is 24.4 Å². The Kier molecular flexibility index (Phi) is 9.42. The van der Waals surface area contributed by atoms with Crippen LogP contribution < -0.4 is 26.0 Å². The lowest BCUT2D eigenvalue weighted by molar-refractivity contribution is -0.136. The minimum absolute atomic E-state index is 0.00234. The number of nitrogens with one attached hydrogen (secondary N) is 4. The van der Waals surface area contributed by atoms with Crippen molar-refractivity contribution in [2.24, 2.45) is 4.99 Å². The zero-order valence-electron chi connectivity index (χ0n) is 26.5. The highest BCUT2D eigenvalue weighted by Crippen LogP contribution is 2.34. The summed E-state index contributed by atoms with van der Waals surface area (Å²) in [5.41, 5.74) is 2.33. The van der Waals surface area contributed by atoms with E-state index in [2.05, 4.69) is 42.9 Å². The van der Waals surface area contributed by atoms with Gasteiger partial charge in [0.05, 0.1) is 34.6 Å². The number of aromatic nitrogens is 2. The molecule has 4 heterocycles. The van der Waals surface area contributed by atoms with Gasteiger partial charge in [-0.3, -0.25) is 39.2 Å². The molecule has 6 rings (SSSR count). The SMILES string of the molecule is C=N/C=C\c1nc(Nc2cc(NC3CC3)c(C(=O)NCC(F)COc3cccc4c3C(=O)N(C3CCC(=O)NC3=O)C4=O)cn2)ccc1C.